The Morgan fingerprint density at radius 1 is 1.19 bits per heavy atom. The van der Waals surface area contributed by atoms with Gasteiger partial charge < -0.3 is 10.1 Å². The van der Waals surface area contributed by atoms with Crippen molar-refractivity contribution in [1.29, 1.82) is 0 Å². The summed E-state index contributed by atoms with van der Waals surface area (Å²) in [5, 5.41) is 13.5. The van der Waals surface area contributed by atoms with Crippen LogP contribution < -0.4 is 10.1 Å². The molecule has 0 atom stereocenters. The summed E-state index contributed by atoms with van der Waals surface area (Å²) < 4.78 is 7.73. The van der Waals surface area contributed by atoms with Crippen molar-refractivity contribution in [1.82, 2.24) is 19.7 Å². The molecule has 0 radical (unpaired) electrons. The van der Waals surface area contributed by atoms with Gasteiger partial charge in [0, 0.05) is 24.0 Å². The van der Waals surface area contributed by atoms with Gasteiger partial charge in [0.2, 0.25) is 5.91 Å². The molecular weight excluding hydrogens is 537 g/mol. The summed E-state index contributed by atoms with van der Waals surface area (Å²) in [7, 11) is 0. The summed E-state index contributed by atoms with van der Waals surface area (Å²) in [6.45, 7) is 6.60. The second-order valence-electron chi connectivity index (χ2n) is 7.79. The average molecular weight is 561 g/mol. The number of aromatic nitrogens is 4. The lowest BCUT2D eigenvalue weighted by molar-refractivity contribution is -0.113. The summed E-state index contributed by atoms with van der Waals surface area (Å²) in [4.78, 5) is 17.9. The molecule has 0 aliphatic heterocycles. The van der Waals surface area contributed by atoms with Crippen LogP contribution in [0.1, 0.15) is 21.8 Å². The Balaban J connectivity index is 1.31. The van der Waals surface area contributed by atoms with E-state index in [-0.39, 0.29) is 18.3 Å². The van der Waals surface area contributed by atoms with Crippen LogP contribution in [0.5, 0.6) is 5.75 Å². The molecule has 2 aromatic heterocycles. The summed E-state index contributed by atoms with van der Waals surface area (Å²) in [5.74, 6) is 1.39. The van der Waals surface area contributed by atoms with Crippen LogP contribution in [0, 0.1) is 6.92 Å². The van der Waals surface area contributed by atoms with Crippen LogP contribution in [-0.4, -0.2) is 31.4 Å². The van der Waals surface area contributed by atoms with E-state index in [1.807, 2.05) is 47.9 Å². The van der Waals surface area contributed by atoms with Gasteiger partial charge in [-0.3, -0.25) is 9.36 Å². The van der Waals surface area contributed by atoms with Gasteiger partial charge in [0.15, 0.2) is 16.1 Å². The third kappa shape index (κ3) is 7.10. The van der Waals surface area contributed by atoms with Crippen LogP contribution in [-0.2, 0) is 24.4 Å². The number of rotatable bonds is 11. The van der Waals surface area contributed by atoms with Crippen molar-refractivity contribution in [3.63, 3.8) is 0 Å². The number of nitrogens with zero attached hydrogens (tertiary/aromatic N) is 4. The van der Waals surface area contributed by atoms with Crippen molar-refractivity contribution in [3.05, 3.63) is 93.2 Å². The topological polar surface area (TPSA) is 81.9 Å². The third-order valence-corrected chi connectivity index (χ3v) is 7.61. The van der Waals surface area contributed by atoms with Gasteiger partial charge in [-0.25, -0.2) is 4.98 Å². The maximum absolute atomic E-state index is 12.5. The van der Waals surface area contributed by atoms with E-state index in [2.05, 4.69) is 27.1 Å². The number of ether oxygens (including phenoxy) is 1. The Kier molecular flexibility index (Phi) is 9.03. The highest BCUT2D eigenvalue weighted by molar-refractivity contribution is 7.99. The molecule has 11 heteroatoms. The molecule has 1 N–H and O–H groups in total. The predicted molar refractivity (Wildman–Crippen MR) is 146 cm³/mol. The lowest BCUT2D eigenvalue weighted by Crippen LogP contribution is -2.14. The SMILES string of the molecule is C=CCn1c(COc2ccc(C)cc2)nnc1SCC(=O)Nc1ncc(Cc2ccc(Cl)c(Cl)c2)s1. The number of benzene rings is 2. The quantitative estimate of drug-likeness (QED) is 0.168. The van der Waals surface area contributed by atoms with Gasteiger partial charge in [0.05, 0.1) is 15.8 Å². The van der Waals surface area contributed by atoms with Crippen LogP contribution in [0.25, 0.3) is 0 Å². The number of allylic oxidation sites excluding steroid dienone is 1. The fourth-order valence-corrected chi connectivity index (χ4v) is 5.16. The molecule has 0 unspecified atom stereocenters. The molecule has 7 nitrogen and oxygen atoms in total. The fourth-order valence-electron chi connectivity index (χ4n) is 3.21. The number of thiazole rings is 1. The lowest BCUT2D eigenvalue weighted by Gasteiger charge is -2.09. The Morgan fingerprint density at radius 3 is 2.75 bits per heavy atom. The van der Waals surface area contributed by atoms with Gasteiger partial charge in [-0.2, -0.15) is 0 Å². The molecule has 0 bridgehead atoms. The van der Waals surface area contributed by atoms with Gasteiger partial charge in [-0.15, -0.1) is 28.1 Å². The van der Waals surface area contributed by atoms with E-state index < -0.39 is 0 Å². The van der Waals surface area contributed by atoms with Crippen molar-refractivity contribution in [2.24, 2.45) is 0 Å². The maximum Gasteiger partial charge on any atom is 0.236 e. The third-order valence-electron chi connectivity index (χ3n) is 4.99. The number of amides is 1. The highest BCUT2D eigenvalue weighted by atomic mass is 35.5. The zero-order valence-corrected chi connectivity index (χ0v) is 22.6. The van der Waals surface area contributed by atoms with Gasteiger partial charge in [-0.05, 0) is 36.8 Å². The highest BCUT2D eigenvalue weighted by Crippen LogP contribution is 2.27. The molecule has 36 heavy (non-hydrogen) atoms. The molecule has 0 saturated heterocycles. The zero-order valence-electron chi connectivity index (χ0n) is 19.4. The Hall–Kier alpha value is -2.85. The first kappa shape index (κ1) is 26.2. The first-order chi connectivity index (χ1) is 17.4. The molecule has 0 spiro atoms. The molecule has 2 aromatic carbocycles. The largest absolute Gasteiger partial charge is 0.486 e. The molecule has 2 heterocycles. The van der Waals surface area contributed by atoms with Gasteiger partial charge >= 0.3 is 0 Å². The molecule has 0 fully saturated rings. The Morgan fingerprint density at radius 2 is 2.00 bits per heavy atom. The van der Waals surface area contributed by atoms with Crippen LogP contribution in [0.15, 0.2) is 66.5 Å². The molecule has 0 aliphatic rings. The predicted octanol–water partition coefficient (Wildman–Crippen LogP) is 6.44. The standard InChI is InChI=1S/C25H23Cl2N5O2S2/c1-3-10-32-22(14-34-18-7-4-16(2)5-8-18)30-31-25(32)35-15-23(33)29-24-28-13-19(36-24)11-17-6-9-20(26)21(27)12-17/h3-9,12-13H,1,10-11,14-15H2,2H3,(H,28,29,33). The second-order valence-corrected chi connectivity index (χ2v) is 10.7. The minimum Gasteiger partial charge on any atom is -0.486 e. The van der Waals surface area contributed by atoms with Gasteiger partial charge in [0.25, 0.3) is 0 Å². The smallest absolute Gasteiger partial charge is 0.236 e. The van der Waals surface area contributed by atoms with E-state index in [1.165, 1.54) is 23.1 Å². The number of aryl methyl sites for hydroxylation is 1. The number of carbonyl (C=O) groups is 1. The fraction of sp³-hybridized carbons (Fsp3) is 0.200. The van der Waals surface area contributed by atoms with Crippen LogP contribution in [0.4, 0.5) is 5.13 Å². The van der Waals surface area contributed by atoms with E-state index in [9.17, 15) is 4.79 Å². The average Bonchev–Trinajstić information content (AvgIpc) is 3.46. The summed E-state index contributed by atoms with van der Waals surface area (Å²) in [5.41, 5.74) is 2.18. The van der Waals surface area contributed by atoms with E-state index in [0.717, 1.165) is 21.8 Å². The zero-order chi connectivity index (χ0) is 25.5. The molecular formula is C25H23Cl2N5O2S2. The number of nitrogens with one attached hydrogen (secondary N) is 1. The van der Waals surface area contributed by atoms with Crippen LogP contribution in [0.2, 0.25) is 10.0 Å². The molecule has 0 aliphatic carbocycles. The van der Waals surface area contributed by atoms with Crippen molar-refractivity contribution in [2.75, 3.05) is 11.1 Å². The first-order valence-corrected chi connectivity index (χ1v) is 13.5. The molecule has 0 saturated carbocycles. The number of hydrogen-bond donors (Lipinski definition) is 1. The van der Waals surface area contributed by atoms with Crippen molar-refractivity contribution >= 4 is 57.3 Å². The van der Waals surface area contributed by atoms with Crippen molar-refractivity contribution in [2.45, 2.75) is 31.7 Å². The van der Waals surface area contributed by atoms with Crippen molar-refractivity contribution < 1.29 is 9.53 Å². The van der Waals surface area contributed by atoms with Crippen LogP contribution >= 0.6 is 46.3 Å². The minimum atomic E-state index is -0.180. The lowest BCUT2D eigenvalue weighted by atomic mass is 10.1. The second kappa shape index (κ2) is 12.4. The van der Waals surface area contributed by atoms with E-state index >= 15 is 0 Å². The highest BCUT2D eigenvalue weighted by Gasteiger charge is 2.15. The number of carbonyl (C=O) groups excluding carboxylic acids is 1. The van der Waals surface area contributed by atoms with Gasteiger partial charge in [0.1, 0.15) is 12.4 Å². The molecule has 1 amide bonds. The van der Waals surface area contributed by atoms with Crippen LogP contribution in [0.3, 0.4) is 0 Å². The Labute approximate surface area is 227 Å². The summed E-state index contributed by atoms with van der Waals surface area (Å²) in [6, 6.07) is 13.3. The van der Waals surface area contributed by atoms with Crippen molar-refractivity contribution in [3.8, 4) is 5.75 Å². The number of thioether (sulfide) groups is 1. The number of anilines is 1. The van der Waals surface area contributed by atoms with E-state index in [0.29, 0.717) is 39.1 Å². The summed E-state index contributed by atoms with van der Waals surface area (Å²) in [6.07, 6.45) is 4.15. The van der Waals surface area contributed by atoms with Gasteiger partial charge in [-0.1, -0.05) is 64.8 Å². The molecule has 186 valence electrons. The Bertz CT molecular complexity index is 1350. The summed E-state index contributed by atoms with van der Waals surface area (Å²) >= 11 is 14.8. The van der Waals surface area contributed by atoms with E-state index in [4.69, 9.17) is 27.9 Å². The van der Waals surface area contributed by atoms with E-state index in [1.54, 1.807) is 18.3 Å². The monoisotopic (exact) mass is 559 g/mol. The number of halogens is 2. The minimum absolute atomic E-state index is 0.163. The molecule has 4 aromatic rings. The maximum atomic E-state index is 12.5. The number of hydrogen-bond acceptors (Lipinski definition) is 7. The normalized spacial score (nSPS) is 10.9. The first-order valence-electron chi connectivity index (χ1n) is 10.9. The molecule has 4 rings (SSSR count).